The molecule has 72 valence electrons. The van der Waals surface area contributed by atoms with Crippen LogP contribution in [0.4, 0.5) is 0 Å². The molecule has 13 heavy (non-hydrogen) atoms. The summed E-state index contributed by atoms with van der Waals surface area (Å²) in [6.07, 6.45) is 1.30. The molecule has 0 aromatic carbocycles. The zero-order chi connectivity index (χ0) is 9.47. The number of aromatic nitrogens is 2. The van der Waals surface area contributed by atoms with E-state index in [9.17, 15) is 0 Å². The number of hydrogen-bond acceptors (Lipinski definition) is 4. The number of hydrogen-bond donors (Lipinski definition) is 1. The van der Waals surface area contributed by atoms with Crippen molar-refractivity contribution in [1.82, 2.24) is 10.1 Å². The van der Waals surface area contributed by atoms with Gasteiger partial charge >= 0.3 is 0 Å². The average molecular weight is 222 g/mol. The second-order valence-electron chi connectivity index (χ2n) is 3.11. The highest BCUT2D eigenvalue weighted by Crippen LogP contribution is 2.58. The van der Waals surface area contributed by atoms with Crippen molar-refractivity contribution in [2.45, 2.75) is 23.1 Å². The Morgan fingerprint density at radius 1 is 1.62 bits per heavy atom. The third kappa shape index (κ3) is 1.80. The van der Waals surface area contributed by atoms with E-state index in [1.165, 1.54) is 0 Å². The van der Waals surface area contributed by atoms with Crippen LogP contribution in [0.2, 0.25) is 0 Å². The Balaban J connectivity index is 2.07. The zero-order valence-corrected chi connectivity index (χ0v) is 8.35. The first-order chi connectivity index (χ1) is 6.13. The van der Waals surface area contributed by atoms with Gasteiger partial charge in [0.05, 0.1) is 5.92 Å². The summed E-state index contributed by atoms with van der Waals surface area (Å²) in [6.45, 7) is 0.510. The van der Waals surface area contributed by atoms with Gasteiger partial charge in [-0.3, -0.25) is 0 Å². The van der Waals surface area contributed by atoms with E-state index in [0.717, 1.165) is 0 Å². The van der Waals surface area contributed by atoms with Crippen LogP contribution in [0.25, 0.3) is 0 Å². The molecular weight excluding hydrogens is 213 g/mol. The lowest BCUT2D eigenvalue weighted by atomic mass is 10.4. The largest absolute Gasteiger partial charge is 0.339 e. The van der Waals surface area contributed by atoms with Crippen LogP contribution < -0.4 is 5.73 Å². The highest BCUT2D eigenvalue weighted by atomic mass is 35.5. The maximum absolute atomic E-state index is 5.84. The molecule has 1 heterocycles. The third-order valence-corrected chi connectivity index (χ3v) is 2.81. The molecule has 1 fully saturated rings. The van der Waals surface area contributed by atoms with E-state index in [4.69, 9.17) is 33.5 Å². The first kappa shape index (κ1) is 9.24. The van der Waals surface area contributed by atoms with Gasteiger partial charge in [-0.05, 0) is 13.0 Å². The van der Waals surface area contributed by atoms with Crippen LogP contribution >= 0.6 is 23.2 Å². The SMILES string of the molecule is NCCc1noc(C2CC2(Cl)Cl)n1. The van der Waals surface area contributed by atoms with E-state index in [-0.39, 0.29) is 5.92 Å². The van der Waals surface area contributed by atoms with E-state index in [0.29, 0.717) is 31.1 Å². The molecule has 0 saturated heterocycles. The fraction of sp³-hybridized carbons (Fsp3) is 0.714. The zero-order valence-electron chi connectivity index (χ0n) is 6.83. The van der Waals surface area contributed by atoms with E-state index >= 15 is 0 Å². The Labute approximate surface area is 85.4 Å². The Morgan fingerprint density at radius 3 is 2.85 bits per heavy atom. The van der Waals surface area contributed by atoms with Crippen molar-refractivity contribution >= 4 is 23.2 Å². The monoisotopic (exact) mass is 221 g/mol. The van der Waals surface area contributed by atoms with E-state index in [2.05, 4.69) is 10.1 Å². The van der Waals surface area contributed by atoms with Crippen molar-refractivity contribution in [3.63, 3.8) is 0 Å². The molecule has 1 unspecified atom stereocenters. The summed E-state index contributed by atoms with van der Waals surface area (Å²) >= 11 is 11.7. The molecule has 0 bridgehead atoms. The van der Waals surface area contributed by atoms with Crippen LogP contribution in [0.15, 0.2) is 4.52 Å². The van der Waals surface area contributed by atoms with Crippen molar-refractivity contribution in [3.8, 4) is 0 Å². The standard InChI is InChI=1S/C7H9Cl2N3O/c8-7(9)3-4(7)6-11-5(1-2-10)12-13-6/h4H,1-3,10H2. The normalized spacial score (nSPS) is 24.7. The van der Waals surface area contributed by atoms with Crippen molar-refractivity contribution in [2.24, 2.45) is 5.73 Å². The van der Waals surface area contributed by atoms with Crippen molar-refractivity contribution in [1.29, 1.82) is 0 Å². The Morgan fingerprint density at radius 2 is 2.31 bits per heavy atom. The maximum atomic E-state index is 5.84. The van der Waals surface area contributed by atoms with Gasteiger partial charge in [0.15, 0.2) is 5.82 Å². The van der Waals surface area contributed by atoms with Gasteiger partial charge in [0.2, 0.25) is 5.89 Å². The summed E-state index contributed by atoms with van der Waals surface area (Å²) in [4.78, 5) is 4.13. The highest BCUT2D eigenvalue weighted by molar-refractivity contribution is 6.51. The quantitative estimate of drug-likeness (QED) is 0.781. The third-order valence-electron chi connectivity index (χ3n) is 1.98. The number of rotatable bonds is 3. The number of nitrogens with zero attached hydrogens (tertiary/aromatic N) is 2. The summed E-state index contributed by atoms with van der Waals surface area (Å²) in [6, 6.07) is 0. The summed E-state index contributed by atoms with van der Waals surface area (Å²) in [7, 11) is 0. The van der Waals surface area contributed by atoms with Crippen LogP contribution in [-0.4, -0.2) is 21.0 Å². The molecule has 1 aromatic heterocycles. The summed E-state index contributed by atoms with van der Waals surface area (Å²) in [5, 5.41) is 3.75. The molecule has 1 aromatic rings. The molecule has 0 aliphatic heterocycles. The topological polar surface area (TPSA) is 64.9 Å². The lowest BCUT2D eigenvalue weighted by Crippen LogP contribution is -2.04. The smallest absolute Gasteiger partial charge is 0.232 e. The van der Waals surface area contributed by atoms with Gasteiger partial charge in [-0.25, -0.2) is 0 Å². The fourth-order valence-electron chi connectivity index (χ4n) is 1.12. The van der Waals surface area contributed by atoms with Crippen LogP contribution in [0.3, 0.4) is 0 Å². The van der Waals surface area contributed by atoms with Gasteiger partial charge < -0.3 is 10.3 Å². The second kappa shape index (κ2) is 3.12. The lowest BCUT2D eigenvalue weighted by Gasteiger charge is -1.90. The lowest BCUT2D eigenvalue weighted by molar-refractivity contribution is 0.373. The number of alkyl halides is 2. The fourth-order valence-corrected chi connectivity index (χ4v) is 1.62. The van der Waals surface area contributed by atoms with Crippen molar-refractivity contribution in [2.75, 3.05) is 6.54 Å². The van der Waals surface area contributed by atoms with Crippen LogP contribution in [-0.2, 0) is 6.42 Å². The first-order valence-corrected chi connectivity index (χ1v) is 4.79. The molecule has 2 rings (SSSR count). The minimum absolute atomic E-state index is 0.00476. The second-order valence-corrected chi connectivity index (χ2v) is 4.65. The number of halogens is 2. The van der Waals surface area contributed by atoms with Crippen molar-refractivity contribution < 1.29 is 4.52 Å². The van der Waals surface area contributed by atoms with Gasteiger partial charge in [0.25, 0.3) is 0 Å². The molecule has 1 saturated carbocycles. The molecule has 6 heteroatoms. The van der Waals surface area contributed by atoms with Crippen LogP contribution in [0.1, 0.15) is 24.1 Å². The minimum Gasteiger partial charge on any atom is -0.339 e. The molecule has 0 spiro atoms. The predicted molar refractivity (Wildman–Crippen MR) is 48.9 cm³/mol. The van der Waals surface area contributed by atoms with Gasteiger partial charge in [-0.1, -0.05) is 5.16 Å². The summed E-state index contributed by atoms with van der Waals surface area (Å²) in [5.41, 5.74) is 5.34. The van der Waals surface area contributed by atoms with Gasteiger partial charge in [-0.2, -0.15) is 4.98 Å². The average Bonchev–Trinajstić information content (AvgIpc) is 2.52. The molecule has 1 aliphatic rings. The maximum Gasteiger partial charge on any atom is 0.232 e. The molecule has 4 nitrogen and oxygen atoms in total. The molecular formula is C7H9Cl2N3O. The Hall–Kier alpha value is -0.320. The molecule has 2 N–H and O–H groups in total. The molecule has 0 radical (unpaired) electrons. The molecule has 0 amide bonds. The Kier molecular flexibility index (Phi) is 2.21. The van der Waals surface area contributed by atoms with E-state index in [1.807, 2.05) is 0 Å². The molecule has 1 aliphatic carbocycles. The summed E-state index contributed by atoms with van der Waals surface area (Å²) < 4.78 is 4.29. The summed E-state index contributed by atoms with van der Waals surface area (Å²) in [5.74, 6) is 1.14. The highest BCUT2D eigenvalue weighted by Gasteiger charge is 2.56. The molecule has 1 atom stereocenters. The van der Waals surface area contributed by atoms with E-state index in [1.54, 1.807) is 0 Å². The van der Waals surface area contributed by atoms with Gasteiger partial charge in [0.1, 0.15) is 4.33 Å². The van der Waals surface area contributed by atoms with Crippen LogP contribution in [0.5, 0.6) is 0 Å². The Bertz CT molecular complexity index is 312. The minimum atomic E-state index is -0.702. The van der Waals surface area contributed by atoms with Gasteiger partial charge in [-0.15, -0.1) is 23.2 Å². The van der Waals surface area contributed by atoms with E-state index < -0.39 is 4.33 Å². The predicted octanol–water partition coefficient (Wildman–Crippen LogP) is 1.23. The first-order valence-electron chi connectivity index (χ1n) is 4.04. The van der Waals surface area contributed by atoms with Gasteiger partial charge in [0, 0.05) is 6.42 Å². The number of nitrogens with two attached hydrogens (primary N) is 1. The van der Waals surface area contributed by atoms with Crippen molar-refractivity contribution in [3.05, 3.63) is 11.7 Å². The van der Waals surface area contributed by atoms with Crippen LogP contribution in [0, 0.1) is 0 Å².